The Kier molecular flexibility index (Phi) is 8.55. The third kappa shape index (κ3) is 5.94. The molecule has 14 aromatic rings. The molecule has 0 saturated heterocycles. The van der Waals surface area contributed by atoms with E-state index >= 15 is 0 Å². The van der Waals surface area contributed by atoms with Crippen LogP contribution in [0.2, 0.25) is 0 Å². The van der Waals surface area contributed by atoms with Crippen LogP contribution in [0.5, 0.6) is 0 Å². The lowest BCUT2D eigenvalue weighted by Crippen LogP contribution is -2.12. The molecule has 4 heteroatoms. The summed E-state index contributed by atoms with van der Waals surface area (Å²) in [6.45, 7) is 0. The summed E-state index contributed by atoms with van der Waals surface area (Å²) in [6.07, 6.45) is 0. The maximum Gasteiger partial charge on any atom is 0.145 e. The number of para-hydroxylation sites is 5. The lowest BCUT2D eigenvalue weighted by atomic mass is 9.95. The summed E-state index contributed by atoms with van der Waals surface area (Å²) in [7, 11) is 0. The van der Waals surface area contributed by atoms with Gasteiger partial charge < -0.3 is 18.3 Å². The Morgan fingerprint density at radius 2 is 0.926 bits per heavy atom. The molecule has 3 aromatic heterocycles. The molecule has 14 rings (SSSR count). The van der Waals surface area contributed by atoms with Crippen molar-refractivity contribution in [1.29, 1.82) is 0 Å². The van der Waals surface area contributed by atoms with Crippen molar-refractivity contribution in [2.45, 2.75) is 0 Å². The van der Waals surface area contributed by atoms with E-state index < -0.39 is 0 Å². The van der Waals surface area contributed by atoms with Gasteiger partial charge >= 0.3 is 0 Å². The molecule has 0 atom stereocenters. The lowest BCUT2D eigenvalue weighted by molar-refractivity contribution is 0.669. The normalized spacial score (nSPS) is 11.8. The molecule has 0 aliphatic carbocycles. The van der Waals surface area contributed by atoms with E-state index in [-0.39, 0.29) is 0 Å². The zero-order chi connectivity index (χ0) is 44.7. The maximum absolute atomic E-state index is 7.05. The van der Waals surface area contributed by atoms with E-state index in [1.165, 1.54) is 38.1 Å². The number of nitrogens with zero attached hydrogens (tertiary/aromatic N) is 2. The van der Waals surface area contributed by atoms with Crippen LogP contribution in [0.4, 0.5) is 17.1 Å². The number of fused-ring (bicyclic) bond motifs is 10. The molecule has 0 spiro atoms. The van der Waals surface area contributed by atoms with E-state index in [1.54, 1.807) is 0 Å². The quantitative estimate of drug-likeness (QED) is 0.160. The van der Waals surface area contributed by atoms with E-state index in [0.717, 1.165) is 94.4 Å². The largest absolute Gasteiger partial charge is 0.456 e. The summed E-state index contributed by atoms with van der Waals surface area (Å²) >= 11 is 0. The molecule has 3 heterocycles. The van der Waals surface area contributed by atoms with Gasteiger partial charge in [-0.15, -0.1) is 0 Å². The van der Waals surface area contributed by atoms with Gasteiger partial charge in [0.05, 0.1) is 27.8 Å². The minimum absolute atomic E-state index is 0.835. The van der Waals surface area contributed by atoms with Gasteiger partial charge in [0.1, 0.15) is 22.3 Å². The Hall–Kier alpha value is -9.12. The van der Waals surface area contributed by atoms with Crippen molar-refractivity contribution >= 4 is 93.5 Å². The van der Waals surface area contributed by atoms with Crippen molar-refractivity contribution in [1.82, 2.24) is 4.57 Å². The summed E-state index contributed by atoms with van der Waals surface area (Å²) in [4.78, 5) is 2.42. The molecule has 0 radical (unpaired) electrons. The second-order valence-corrected chi connectivity index (χ2v) is 17.6. The van der Waals surface area contributed by atoms with Crippen LogP contribution < -0.4 is 4.90 Å². The SMILES string of the molecule is c1cc(-c2ccc(N(c3ccc(-c4ccc5ccccc5c4)cc3)c3ccccc3-c3cccc4oc5ccccc5c34)c3c2oc2ccccc23)cc(-n2c3ccccc3c3ccccc32)c1. The van der Waals surface area contributed by atoms with Crippen molar-refractivity contribution in [3.8, 4) is 39.1 Å². The first kappa shape index (κ1) is 38.2. The number of hydrogen-bond donors (Lipinski definition) is 0. The number of rotatable bonds is 7. The zero-order valence-electron chi connectivity index (χ0n) is 36.8. The highest BCUT2D eigenvalue weighted by Crippen LogP contribution is 2.50. The van der Waals surface area contributed by atoms with Gasteiger partial charge in [0.2, 0.25) is 0 Å². The minimum Gasteiger partial charge on any atom is -0.456 e. The highest BCUT2D eigenvalue weighted by atomic mass is 16.3. The van der Waals surface area contributed by atoms with Crippen LogP contribution in [0, 0.1) is 0 Å². The molecule has 0 aliphatic rings. The van der Waals surface area contributed by atoms with Crippen molar-refractivity contribution in [3.63, 3.8) is 0 Å². The molecule has 318 valence electrons. The van der Waals surface area contributed by atoms with Gasteiger partial charge in [-0.25, -0.2) is 0 Å². The maximum atomic E-state index is 7.05. The number of benzene rings is 11. The summed E-state index contributed by atoms with van der Waals surface area (Å²) in [6, 6.07) is 86.9. The Balaban J connectivity index is 0.999. The summed E-state index contributed by atoms with van der Waals surface area (Å²) in [5.41, 5.74) is 16.6. The summed E-state index contributed by atoms with van der Waals surface area (Å²) in [5.74, 6) is 0. The molecule has 0 saturated carbocycles. The Morgan fingerprint density at radius 1 is 0.324 bits per heavy atom. The van der Waals surface area contributed by atoms with Gasteiger partial charge in [-0.2, -0.15) is 0 Å². The predicted octanol–water partition coefficient (Wildman–Crippen LogP) is 18.2. The van der Waals surface area contributed by atoms with Crippen molar-refractivity contribution in [3.05, 3.63) is 243 Å². The van der Waals surface area contributed by atoms with Crippen LogP contribution in [0.15, 0.2) is 251 Å². The number of furan rings is 2. The van der Waals surface area contributed by atoms with Crippen molar-refractivity contribution in [2.24, 2.45) is 0 Å². The first-order chi connectivity index (χ1) is 33.7. The van der Waals surface area contributed by atoms with Gasteiger partial charge in [-0.3, -0.25) is 0 Å². The highest BCUT2D eigenvalue weighted by molar-refractivity contribution is 6.19. The molecule has 0 unspecified atom stereocenters. The second-order valence-electron chi connectivity index (χ2n) is 17.6. The third-order valence-electron chi connectivity index (χ3n) is 13.8. The van der Waals surface area contributed by atoms with E-state index in [9.17, 15) is 0 Å². The number of aromatic nitrogens is 1. The molecule has 68 heavy (non-hydrogen) atoms. The second kappa shape index (κ2) is 15.2. The van der Waals surface area contributed by atoms with E-state index in [1.807, 2.05) is 6.07 Å². The molecule has 0 N–H and O–H groups in total. The van der Waals surface area contributed by atoms with Crippen LogP contribution in [0.3, 0.4) is 0 Å². The third-order valence-corrected chi connectivity index (χ3v) is 13.8. The number of anilines is 3. The van der Waals surface area contributed by atoms with E-state index in [0.29, 0.717) is 0 Å². The van der Waals surface area contributed by atoms with Crippen molar-refractivity contribution in [2.75, 3.05) is 4.90 Å². The fourth-order valence-corrected chi connectivity index (χ4v) is 10.7. The van der Waals surface area contributed by atoms with Crippen LogP contribution in [-0.4, -0.2) is 4.57 Å². The molecule has 0 amide bonds. The monoisotopic (exact) mass is 868 g/mol. The smallest absolute Gasteiger partial charge is 0.145 e. The Bertz CT molecular complexity index is 4230. The highest BCUT2D eigenvalue weighted by Gasteiger charge is 2.26. The average Bonchev–Trinajstić information content (AvgIpc) is 4.09. The van der Waals surface area contributed by atoms with Gasteiger partial charge in [-0.1, -0.05) is 164 Å². The predicted molar refractivity (Wildman–Crippen MR) is 284 cm³/mol. The van der Waals surface area contributed by atoms with Crippen molar-refractivity contribution < 1.29 is 8.83 Å². The molecular weight excluding hydrogens is 829 g/mol. The molecule has 0 aliphatic heterocycles. The first-order valence-corrected chi connectivity index (χ1v) is 23.2. The minimum atomic E-state index is 0.835. The topological polar surface area (TPSA) is 34.5 Å². The Morgan fingerprint density at radius 3 is 1.72 bits per heavy atom. The first-order valence-electron chi connectivity index (χ1n) is 23.2. The van der Waals surface area contributed by atoms with Crippen LogP contribution in [0.25, 0.3) is 116 Å². The van der Waals surface area contributed by atoms with E-state index in [4.69, 9.17) is 8.83 Å². The molecule has 11 aromatic carbocycles. The standard InChI is InChI=1S/C64H40N2O2/c1-2-16-43-39-44(32-31-41(43)15-1)42-33-35-46(36-34-42)65(57-27-10-5-21-51(57)52-24-14-30-61-62(52)53-22-6-11-28-59(53)67-61)58-38-37-48(64-63(58)54-23-7-12-29-60(54)68-64)45-17-13-18-47(40-45)66-55-25-8-3-19-49(55)50-20-4-9-26-56(50)66/h1-40H. The van der Waals surface area contributed by atoms with Crippen LogP contribution in [0.1, 0.15) is 0 Å². The van der Waals surface area contributed by atoms with E-state index in [2.05, 4.69) is 246 Å². The average molecular weight is 869 g/mol. The van der Waals surface area contributed by atoms with Crippen LogP contribution in [-0.2, 0) is 0 Å². The summed E-state index contributed by atoms with van der Waals surface area (Å²) < 4.78 is 15.9. The lowest BCUT2D eigenvalue weighted by Gasteiger charge is -2.29. The van der Waals surface area contributed by atoms with Gasteiger partial charge in [-0.05, 0) is 112 Å². The molecule has 0 bridgehead atoms. The molecule has 0 fully saturated rings. The van der Waals surface area contributed by atoms with Crippen LogP contribution >= 0.6 is 0 Å². The zero-order valence-corrected chi connectivity index (χ0v) is 36.8. The molecular formula is C64H40N2O2. The fourth-order valence-electron chi connectivity index (χ4n) is 10.7. The Labute approximate surface area is 391 Å². The van der Waals surface area contributed by atoms with Gasteiger partial charge in [0.15, 0.2) is 0 Å². The van der Waals surface area contributed by atoms with Gasteiger partial charge in [0.25, 0.3) is 0 Å². The van der Waals surface area contributed by atoms with Gasteiger partial charge in [0, 0.05) is 49.4 Å². The summed E-state index contributed by atoms with van der Waals surface area (Å²) in [5, 5.41) is 9.21. The molecule has 4 nitrogen and oxygen atoms in total. The fraction of sp³-hybridized carbons (Fsp3) is 0. The number of hydrogen-bond acceptors (Lipinski definition) is 3.